The molecule has 1 saturated carbocycles. The monoisotopic (exact) mass is 444 g/mol. The van der Waals surface area contributed by atoms with E-state index in [4.69, 9.17) is 15.6 Å². The average Bonchev–Trinajstić information content (AvgIpc) is 3.28. The Morgan fingerprint density at radius 3 is 2.45 bits per heavy atom. The number of aromatic nitrogens is 5. The Hall–Kier alpha value is -3.72. The van der Waals surface area contributed by atoms with Gasteiger partial charge in [-0.15, -0.1) is 5.10 Å². The minimum absolute atomic E-state index is 0.326. The molecular formula is C24H28N8O. The highest BCUT2D eigenvalue weighted by molar-refractivity contribution is 5.62. The van der Waals surface area contributed by atoms with Crippen molar-refractivity contribution in [2.75, 3.05) is 17.7 Å². The standard InChI is InChI=1S/C24H28N8O/c1-33-20-8-2-16(3-9-20)12-27-24-28-13-17(14-29-24)21-15-26-23-11-10-22(31-32(21)23)30-19-6-4-18(25)5-7-19/h2-3,8-11,13-15,18-19H,4-7,12,25H2,1H3,(H,30,31)(H,27,28,29)/t18-,19-. The molecule has 1 aromatic carbocycles. The molecule has 0 bridgehead atoms. The van der Waals surface area contributed by atoms with Crippen molar-refractivity contribution < 1.29 is 4.74 Å². The van der Waals surface area contributed by atoms with E-state index in [0.29, 0.717) is 24.6 Å². The molecule has 0 spiro atoms. The molecule has 0 aliphatic heterocycles. The highest BCUT2D eigenvalue weighted by atomic mass is 16.5. The average molecular weight is 445 g/mol. The zero-order chi connectivity index (χ0) is 22.6. The molecule has 5 rings (SSSR count). The van der Waals surface area contributed by atoms with Crippen molar-refractivity contribution in [1.82, 2.24) is 24.6 Å². The summed E-state index contributed by atoms with van der Waals surface area (Å²) in [5.41, 5.74) is 9.63. The van der Waals surface area contributed by atoms with Crippen LogP contribution in [0.2, 0.25) is 0 Å². The van der Waals surface area contributed by atoms with E-state index in [1.54, 1.807) is 25.7 Å². The molecule has 4 N–H and O–H groups in total. The molecule has 1 aliphatic carbocycles. The van der Waals surface area contributed by atoms with Crippen molar-refractivity contribution >= 4 is 17.4 Å². The SMILES string of the molecule is COc1ccc(CNc2ncc(-c3cnc4ccc(N[C@H]5CC[C@H](N)CC5)nn34)cn2)cc1. The van der Waals surface area contributed by atoms with E-state index < -0.39 is 0 Å². The number of methoxy groups -OCH3 is 1. The molecule has 1 aliphatic rings. The van der Waals surface area contributed by atoms with Crippen LogP contribution in [0, 0.1) is 0 Å². The zero-order valence-corrected chi connectivity index (χ0v) is 18.6. The van der Waals surface area contributed by atoms with Crippen LogP contribution in [0.15, 0.2) is 55.0 Å². The molecule has 0 amide bonds. The van der Waals surface area contributed by atoms with Gasteiger partial charge in [0.15, 0.2) is 5.65 Å². The quantitative estimate of drug-likeness (QED) is 0.397. The molecule has 1 fully saturated rings. The van der Waals surface area contributed by atoms with Gasteiger partial charge in [0.05, 0.1) is 19.0 Å². The van der Waals surface area contributed by atoms with E-state index in [1.807, 2.05) is 40.9 Å². The van der Waals surface area contributed by atoms with Gasteiger partial charge in [-0.2, -0.15) is 0 Å². The number of nitrogens with one attached hydrogen (secondary N) is 2. The molecule has 0 atom stereocenters. The lowest BCUT2D eigenvalue weighted by Crippen LogP contribution is -2.33. The fourth-order valence-electron chi connectivity index (χ4n) is 4.10. The number of hydrogen-bond acceptors (Lipinski definition) is 8. The van der Waals surface area contributed by atoms with Crippen molar-refractivity contribution in [2.24, 2.45) is 5.73 Å². The van der Waals surface area contributed by atoms with Crippen molar-refractivity contribution in [3.05, 3.63) is 60.6 Å². The molecule has 170 valence electrons. The number of nitrogens with two attached hydrogens (primary N) is 1. The highest BCUT2D eigenvalue weighted by Crippen LogP contribution is 2.23. The highest BCUT2D eigenvalue weighted by Gasteiger charge is 2.19. The third kappa shape index (κ3) is 4.88. The molecule has 33 heavy (non-hydrogen) atoms. The summed E-state index contributed by atoms with van der Waals surface area (Å²) in [5, 5.41) is 11.6. The first-order valence-corrected chi connectivity index (χ1v) is 11.2. The van der Waals surface area contributed by atoms with Gasteiger partial charge in [-0.1, -0.05) is 12.1 Å². The van der Waals surface area contributed by atoms with Crippen LogP contribution >= 0.6 is 0 Å². The second kappa shape index (κ2) is 9.41. The van der Waals surface area contributed by atoms with Gasteiger partial charge in [-0.3, -0.25) is 0 Å². The summed E-state index contributed by atoms with van der Waals surface area (Å²) >= 11 is 0. The predicted molar refractivity (Wildman–Crippen MR) is 128 cm³/mol. The Balaban J connectivity index is 1.28. The molecule has 0 unspecified atom stereocenters. The van der Waals surface area contributed by atoms with Crippen LogP contribution in [0.4, 0.5) is 11.8 Å². The third-order valence-corrected chi connectivity index (χ3v) is 6.04. The number of benzene rings is 1. The molecule has 3 heterocycles. The van der Waals surface area contributed by atoms with Crippen LogP contribution < -0.4 is 21.1 Å². The Morgan fingerprint density at radius 1 is 0.970 bits per heavy atom. The van der Waals surface area contributed by atoms with Gasteiger partial charge in [-0.25, -0.2) is 19.5 Å². The molecule has 0 radical (unpaired) electrons. The van der Waals surface area contributed by atoms with Crippen LogP contribution in [0.3, 0.4) is 0 Å². The number of ether oxygens (including phenoxy) is 1. The zero-order valence-electron chi connectivity index (χ0n) is 18.6. The van der Waals surface area contributed by atoms with Crippen LogP contribution in [0.5, 0.6) is 5.75 Å². The summed E-state index contributed by atoms with van der Waals surface area (Å²) < 4.78 is 7.03. The van der Waals surface area contributed by atoms with Crippen molar-refractivity contribution in [3.8, 4) is 17.0 Å². The van der Waals surface area contributed by atoms with Crippen LogP contribution in [0.25, 0.3) is 16.9 Å². The second-order valence-electron chi connectivity index (χ2n) is 8.39. The first-order valence-electron chi connectivity index (χ1n) is 11.2. The Morgan fingerprint density at radius 2 is 1.73 bits per heavy atom. The topological polar surface area (TPSA) is 115 Å². The van der Waals surface area contributed by atoms with E-state index in [9.17, 15) is 0 Å². The third-order valence-electron chi connectivity index (χ3n) is 6.04. The smallest absolute Gasteiger partial charge is 0.222 e. The van der Waals surface area contributed by atoms with E-state index in [1.165, 1.54) is 0 Å². The molecule has 4 aromatic rings. The van der Waals surface area contributed by atoms with Crippen LogP contribution in [-0.2, 0) is 6.54 Å². The number of hydrogen-bond donors (Lipinski definition) is 3. The van der Waals surface area contributed by atoms with Crippen LogP contribution in [0.1, 0.15) is 31.2 Å². The first kappa shape index (κ1) is 21.1. The van der Waals surface area contributed by atoms with Gasteiger partial charge in [0.1, 0.15) is 11.6 Å². The predicted octanol–water partition coefficient (Wildman–Crippen LogP) is 3.49. The van der Waals surface area contributed by atoms with Gasteiger partial charge in [0, 0.05) is 36.6 Å². The van der Waals surface area contributed by atoms with Gasteiger partial charge in [-0.05, 0) is 55.5 Å². The number of fused-ring (bicyclic) bond motifs is 1. The lowest BCUT2D eigenvalue weighted by molar-refractivity contribution is 0.410. The van der Waals surface area contributed by atoms with Gasteiger partial charge < -0.3 is 21.1 Å². The fraction of sp³-hybridized carbons (Fsp3) is 0.333. The number of anilines is 2. The summed E-state index contributed by atoms with van der Waals surface area (Å²) in [6.07, 6.45) is 9.61. The van der Waals surface area contributed by atoms with E-state index in [2.05, 4.69) is 25.6 Å². The molecule has 9 nitrogen and oxygen atoms in total. The Labute approximate surface area is 192 Å². The number of imidazole rings is 1. The maximum atomic E-state index is 6.03. The van der Waals surface area contributed by atoms with Crippen molar-refractivity contribution in [2.45, 2.75) is 44.3 Å². The van der Waals surface area contributed by atoms with E-state index in [0.717, 1.165) is 59.7 Å². The summed E-state index contributed by atoms with van der Waals surface area (Å²) in [5.74, 6) is 2.23. The summed E-state index contributed by atoms with van der Waals surface area (Å²) in [4.78, 5) is 13.4. The molecular weight excluding hydrogens is 416 g/mol. The van der Waals surface area contributed by atoms with Crippen LogP contribution in [-0.4, -0.2) is 43.8 Å². The van der Waals surface area contributed by atoms with Crippen molar-refractivity contribution in [1.29, 1.82) is 0 Å². The van der Waals surface area contributed by atoms with Gasteiger partial charge in [0.25, 0.3) is 0 Å². The summed E-state index contributed by atoms with van der Waals surface area (Å²) in [6.45, 7) is 0.627. The van der Waals surface area contributed by atoms with E-state index in [-0.39, 0.29) is 0 Å². The minimum Gasteiger partial charge on any atom is -0.497 e. The van der Waals surface area contributed by atoms with E-state index >= 15 is 0 Å². The van der Waals surface area contributed by atoms with Gasteiger partial charge >= 0.3 is 0 Å². The molecule has 9 heteroatoms. The number of nitrogens with zero attached hydrogens (tertiary/aromatic N) is 5. The Bertz CT molecular complexity index is 1200. The van der Waals surface area contributed by atoms with Crippen molar-refractivity contribution in [3.63, 3.8) is 0 Å². The maximum Gasteiger partial charge on any atom is 0.222 e. The lowest BCUT2D eigenvalue weighted by Gasteiger charge is -2.27. The lowest BCUT2D eigenvalue weighted by atomic mass is 9.92. The maximum absolute atomic E-state index is 6.03. The molecule has 0 saturated heterocycles. The largest absolute Gasteiger partial charge is 0.497 e. The Kier molecular flexibility index (Phi) is 6.03. The normalized spacial score (nSPS) is 18.2. The second-order valence-corrected chi connectivity index (χ2v) is 8.39. The number of rotatable bonds is 7. The minimum atomic E-state index is 0.326. The summed E-state index contributed by atoms with van der Waals surface area (Å²) in [6, 6.07) is 12.6. The van der Waals surface area contributed by atoms with Gasteiger partial charge in [0.2, 0.25) is 5.95 Å². The summed E-state index contributed by atoms with van der Waals surface area (Å²) in [7, 11) is 1.66. The fourth-order valence-corrected chi connectivity index (χ4v) is 4.10. The molecule has 3 aromatic heterocycles. The first-order chi connectivity index (χ1) is 16.2.